The lowest BCUT2D eigenvalue weighted by Crippen LogP contribution is -2.35. The lowest BCUT2D eigenvalue weighted by atomic mass is 9.97. The van der Waals surface area contributed by atoms with Crippen molar-refractivity contribution < 1.29 is 23.8 Å². The second-order valence-electron chi connectivity index (χ2n) is 6.91. The van der Waals surface area contributed by atoms with Gasteiger partial charge in [-0.15, -0.1) is 0 Å². The van der Waals surface area contributed by atoms with Crippen molar-refractivity contribution in [3.63, 3.8) is 0 Å². The van der Waals surface area contributed by atoms with Gasteiger partial charge in [-0.3, -0.25) is 9.59 Å². The molecule has 1 aliphatic rings. The Hall–Kier alpha value is -3.21. The molecule has 1 aromatic rings. The molecule has 0 spiro atoms. The van der Waals surface area contributed by atoms with Crippen LogP contribution in [0.1, 0.15) is 25.3 Å². The number of hydrogen-bond acceptors (Lipinski definition) is 7. The van der Waals surface area contributed by atoms with Crippen LogP contribution in [0.5, 0.6) is 11.5 Å². The van der Waals surface area contributed by atoms with E-state index in [2.05, 4.69) is 5.32 Å². The van der Waals surface area contributed by atoms with E-state index < -0.39 is 5.91 Å². The SMILES string of the molecule is CCOC(=O)C1CCN(/C=C(/C#N)C(=O)NCCc2ccc(OC)c(OC)c2)CC1. The summed E-state index contributed by atoms with van der Waals surface area (Å²) in [5, 5.41) is 12.1. The molecular formula is C22H29N3O5. The number of ether oxygens (including phenoxy) is 3. The molecule has 0 aliphatic carbocycles. The number of nitrogens with one attached hydrogen (secondary N) is 1. The molecule has 0 bridgehead atoms. The largest absolute Gasteiger partial charge is 0.493 e. The zero-order valence-corrected chi connectivity index (χ0v) is 17.8. The Morgan fingerprint density at radius 2 is 1.93 bits per heavy atom. The summed E-state index contributed by atoms with van der Waals surface area (Å²) in [5.74, 6) is 0.576. The van der Waals surface area contributed by atoms with Gasteiger partial charge in [0.1, 0.15) is 11.6 Å². The molecule has 8 heteroatoms. The van der Waals surface area contributed by atoms with Crippen molar-refractivity contribution >= 4 is 11.9 Å². The Bertz CT molecular complexity index is 807. The van der Waals surface area contributed by atoms with E-state index in [9.17, 15) is 14.9 Å². The number of carbonyl (C=O) groups excluding carboxylic acids is 2. The molecule has 0 atom stereocenters. The van der Waals surface area contributed by atoms with E-state index in [1.54, 1.807) is 27.3 Å². The molecule has 1 aliphatic heterocycles. The number of likely N-dealkylation sites (tertiary alicyclic amines) is 1. The zero-order valence-electron chi connectivity index (χ0n) is 17.8. The van der Waals surface area contributed by atoms with Crippen molar-refractivity contribution in [2.45, 2.75) is 26.2 Å². The maximum Gasteiger partial charge on any atom is 0.309 e. The second kappa shape index (κ2) is 11.7. The van der Waals surface area contributed by atoms with Gasteiger partial charge in [-0.1, -0.05) is 6.07 Å². The van der Waals surface area contributed by atoms with E-state index in [0.717, 1.165) is 5.56 Å². The number of benzene rings is 1. The quantitative estimate of drug-likeness (QED) is 0.374. The molecule has 0 saturated carbocycles. The summed E-state index contributed by atoms with van der Waals surface area (Å²) in [6, 6.07) is 7.55. The van der Waals surface area contributed by atoms with Crippen molar-refractivity contribution in [2.75, 3.05) is 40.5 Å². The van der Waals surface area contributed by atoms with Crippen LogP contribution in [-0.4, -0.2) is 57.2 Å². The molecule has 1 saturated heterocycles. The first-order valence-electron chi connectivity index (χ1n) is 10.0. The number of esters is 1. The van der Waals surface area contributed by atoms with Gasteiger partial charge in [0.2, 0.25) is 0 Å². The normalized spacial score (nSPS) is 14.6. The van der Waals surface area contributed by atoms with Crippen LogP contribution in [0.4, 0.5) is 0 Å². The summed E-state index contributed by atoms with van der Waals surface area (Å²) in [7, 11) is 3.15. The summed E-state index contributed by atoms with van der Waals surface area (Å²) in [4.78, 5) is 26.1. The number of methoxy groups -OCH3 is 2. The second-order valence-corrected chi connectivity index (χ2v) is 6.91. The molecular weight excluding hydrogens is 386 g/mol. The molecule has 0 radical (unpaired) electrons. The topological polar surface area (TPSA) is 101 Å². The zero-order chi connectivity index (χ0) is 21.9. The fourth-order valence-electron chi connectivity index (χ4n) is 3.30. The number of piperidine rings is 1. The average Bonchev–Trinajstić information content (AvgIpc) is 2.77. The Labute approximate surface area is 177 Å². The Morgan fingerprint density at radius 1 is 1.23 bits per heavy atom. The highest BCUT2D eigenvalue weighted by molar-refractivity contribution is 5.97. The van der Waals surface area contributed by atoms with Gasteiger partial charge in [-0.2, -0.15) is 5.26 Å². The molecule has 0 aromatic heterocycles. The summed E-state index contributed by atoms with van der Waals surface area (Å²) in [6.45, 7) is 3.76. The van der Waals surface area contributed by atoms with Crippen molar-refractivity contribution in [1.82, 2.24) is 10.2 Å². The van der Waals surface area contributed by atoms with E-state index in [-0.39, 0.29) is 17.5 Å². The molecule has 162 valence electrons. The number of amides is 1. The van der Waals surface area contributed by atoms with Crippen LogP contribution in [0.15, 0.2) is 30.0 Å². The minimum Gasteiger partial charge on any atom is -0.493 e. The van der Waals surface area contributed by atoms with Gasteiger partial charge in [0, 0.05) is 25.8 Å². The maximum absolute atomic E-state index is 12.4. The van der Waals surface area contributed by atoms with Crippen molar-refractivity contribution in [2.24, 2.45) is 5.92 Å². The molecule has 1 aromatic carbocycles. The number of rotatable bonds is 9. The van der Waals surface area contributed by atoms with E-state index in [4.69, 9.17) is 14.2 Å². The summed E-state index contributed by atoms with van der Waals surface area (Å²) in [6.07, 6.45) is 3.47. The van der Waals surface area contributed by atoms with Crippen LogP contribution in [0, 0.1) is 17.2 Å². The first-order valence-corrected chi connectivity index (χ1v) is 10.0. The van der Waals surface area contributed by atoms with Gasteiger partial charge in [0.25, 0.3) is 5.91 Å². The van der Waals surface area contributed by atoms with Crippen LogP contribution < -0.4 is 14.8 Å². The first-order chi connectivity index (χ1) is 14.5. The highest BCUT2D eigenvalue weighted by atomic mass is 16.5. The lowest BCUT2D eigenvalue weighted by Gasteiger charge is -2.30. The van der Waals surface area contributed by atoms with E-state index in [1.807, 2.05) is 29.2 Å². The average molecular weight is 415 g/mol. The highest BCUT2D eigenvalue weighted by Gasteiger charge is 2.25. The summed E-state index contributed by atoms with van der Waals surface area (Å²) < 4.78 is 15.6. The highest BCUT2D eigenvalue weighted by Crippen LogP contribution is 2.27. The van der Waals surface area contributed by atoms with Gasteiger partial charge in [0.15, 0.2) is 11.5 Å². The predicted octanol–water partition coefficient (Wildman–Crippen LogP) is 2.05. The van der Waals surface area contributed by atoms with Crippen molar-refractivity contribution in [1.29, 1.82) is 5.26 Å². The maximum atomic E-state index is 12.4. The van der Waals surface area contributed by atoms with Crippen molar-refractivity contribution in [3.05, 3.63) is 35.5 Å². The van der Waals surface area contributed by atoms with Crippen LogP contribution in [0.3, 0.4) is 0 Å². The van der Waals surface area contributed by atoms with E-state index in [0.29, 0.717) is 57.0 Å². The summed E-state index contributed by atoms with van der Waals surface area (Å²) in [5.41, 5.74) is 1.04. The van der Waals surface area contributed by atoms with Gasteiger partial charge in [0.05, 0.1) is 26.7 Å². The minimum atomic E-state index is -0.412. The van der Waals surface area contributed by atoms with Gasteiger partial charge in [-0.25, -0.2) is 0 Å². The van der Waals surface area contributed by atoms with E-state index in [1.165, 1.54) is 0 Å². The lowest BCUT2D eigenvalue weighted by molar-refractivity contribution is -0.149. The van der Waals surface area contributed by atoms with Crippen LogP contribution in [0.25, 0.3) is 0 Å². The fourth-order valence-corrected chi connectivity index (χ4v) is 3.30. The molecule has 1 amide bonds. The van der Waals surface area contributed by atoms with Crippen LogP contribution in [0.2, 0.25) is 0 Å². The third kappa shape index (κ3) is 6.41. The molecule has 8 nitrogen and oxygen atoms in total. The minimum absolute atomic E-state index is 0.0527. The third-order valence-corrected chi connectivity index (χ3v) is 4.97. The monoisotopic (exact) mass is 415 g/mol. The Morgan fingerprint density at radius 3 is 2.53 bits per heavy atom. The number of hydrogen-bond donors (Lipinski definition) is 1. The first kappa shape index (κ1) is 23.1. The van der Waals surface area contributed by atoms with Gasteiger partial charge in [-0.05, 0) is 43.9 Å². The molecule has 0 unspecified atom stereocenters. The molecule has 1 N–H and O–H groups in total. The van der Waals surface area contributed by atoms with Crippen molar-refractivity contribution in [3.8, 4) is 17.6 Å². The number of carbonyl (C=O) groups is 2. The van der Waals surface area contributed by atoms with E-state index >= 15 is 0 Å². The molecule has 1 heterocycles. The molecule has 1 fully saturated rings. The number of nitrogens with zero attached hydrogens (tertiary/aromatic N) is 2. The van der Waals surface area contributed by atoms with Crippen LogP contribution >= 0.6 is 0 Å². The van der Waals surface area contributed by atoms with Gasteiger partial charge < -0.3 is 24.4 Å². The predicted molar refractivity (Wildman–Crippen MR) is 111 cm³/mol. The van der Waals surface area contributed by atoms with Crippen LogP contribution in [-0.2, 0) is 20.7 Å². The molecule has 2 rings (SSSR count). The standard InChI is InChI=1S/C22H29N3O5/c1-4-30-22(27)17-8-11-25(12-9-17)15-18(14-23)21(26)24-10-7-16-5-6-19(28-2)20(13-16)29-3/h5-6,13,15,17H,4,7-12H2,1-3H3,(H,24,26)/b18-15-. The third-order valence-electron chi connectivity index (χ3n) is 4.97. The summed E-state index contributed by atoms with van der Waals surface area (Å²) >= 11 is 0. The number of nitriles is 1. The molecule has 30 heavy (non-hydrogen) atoms. The Balaban J connectivity index is 1.85. The Kier molecular flexibility index (Phi) is 9.01. The smallest absolute Gasteiger partial charge is 0.309 e. The fraction of sp³-hybridized carbons (Fsp3) is 0.500. The van der Waals surface area contributed by atoms with Gasteiger partial charge >= 0.3 is 5.97 Å².